The molecule has 1 heterocycles. The molecule has 0 atom stereocenters. The molecule has 3 rings (SSSR count). The van der Waals surface area contributed by atoms with Crippen LogP contribution in [0.2, 0.25) is 0 Å². The Morgan fingerprint density at radius 1 is 0.857 bits per heavy atom. The van der Waals surface area contributed by atoms with Crippen molar-refractivity contribution in [3.05, 3.63) is 77.6 Å². The minimum Gasteiger partial charge on any atom is -0.354 e. The first kappa shape index (κ1) is 19.1. The van der Waals surface area contributed by atoms with Gasteiger partial charge in [-0.2, -0.15) is 0 Å². The third-order valence-electron chi connectivity index (χ3n) is 4.32. The van der Waals surface area contributed by atoms with Crippen LogP contribution >= 0.6 is 0 Å². The summed E-state index contributed by atoms with van der Waals surface area (Å²) in [6, 6.07) is 16.5. The van der Waals surface area contributed by atoms with E-state index in [-0.39, 0.29) is 11.8 Å². The molecule has 0 radical (unpaired) electrons. The average molecular weight is 374 g/mol. The van der Waals surface area contributed by atoms with E-state index in [1.54, 1.807) is 36.5 Å². The molecular weight excluding hydrogens is 352 g/mol. The third kappa shape index (κ3) is 4.73. The molecule has 0 aliphatic heterocycles. The van der Waals surface area contributed by atoms with Gasteiger partial charge in [0.25, 0.3) is 5.91 Å². The minimum absolute atomic E-state index is 0.169. The fraction of sp³-hybridized carbons (Fsp3) is 0.136. The molecule has 142 valence electrons. The second-order valence-corrected chi connectivity index (χ2v) is 6.52. The summed E-state index contributed by atoms with van der Waals surface area (Å²) in [4.78, 5) is 27.8. The van der Waals surface area contributed by atoms with E-state index in [1.807, 2.05) is 18.2 Å². The molecule has 3 aromatic rings. The fourth-order valence-electron chi connectivity index (χ4n) is 2.72. The van der Waals surface area contributed by atoms with Crippen LogP contribution in [0.15, 0.2) is 60.8 Å². The number of rotatable bonds is 5. The Labute approximate surface area is 164 Å². The lowest BCUT2D eigenvalue weighted by Crippen LogP contribution is -2.14. The van der Waals surface area contributed by atoms with Crippen molar-refractivity contribution in [1.82, 2.24) is 4.98 Å². The lowest BCUT2D eigenvalue weighted by atomic mass is 10.1. The first-order valence-corrected chi connectivity index (χ1v) is 8.90. The maximum Gasteiger partial charge on any atom is 0.274 e. The van der Waals surface area contributed by atoms with E-state index in [2.05, 4.69) is 40.8 Å². The summed E-state index contributed by atoms with van der Waals surface area (Å²) in [6.45, 7) is 5.55. The van der Waals surface area contributed by atoms with Gasteiger partial charge in [-0.3, -0.25) is 9.59 Å². The predicted molar refractivity (Wildman–Crippen MR) is 112 cm³/mol. The quantitative estimate of drug-likeness (QED) is 0.607. The molecule has 0 bridgehead atoms. The number of amides is 2. The van der Waals surface area contributed by atoms with Gasteiger partial charge in [-0.05, 0) is 61.4 Å². The van der Waals surface area contributed by atoms with Gasteiger partial charge >= 0.3 is 0 Å². The van der Waals surface area contributed by atoms with Gasteiger partial charge in [0.2, 0.25) is 5.91 Å². The molecule has 1 aromatic heterocycles. The van der Waals surface area contributed by atoms with Gasteiger partial charge in [-0.25, -0.2) is 4.98 Å². The number of aromatic nitrogens is 1. The van der Waals surface area contributed by atoms with Gasteiger partial charge < -0.3 is 16.0 Å². The summed E-state index contributed by atoms with van der Waals surface area (Å²) in [5.41, 5.74) is 5.68. The molecule has 0 spiro atoms. The molecule has 0 aliphatic carbocycles. The summed E-state index contributed by atoms with van der Waals surface area (Å²) in [6.07, 6.45) is 1.63. The lowest BCUT2D eigenvalue weighted by molar-refractivity contribution is -0.114. The molecule has 0 saturated heterocycles. The highest BCUT2D eigenvalue weighted by molar-refractivity contribution is 6.03. The van der Waals surface area contributed by atoms with Crippen LogP contribution in [0.4, 0.5) is 22.7 Å². The van der Waals surface area contributed by atoms with E-state index >= 15 is 0 Å². The van der Waals surface area contributed by atoms with Crippen LogP contribution in [-0.4, -0.2) is 16.8 Å². The number of hydrogen-bond donors (Lipinski definition) is 3. The summed E-state index contributed by atoms with van der Waals surface area (Å²) < 4.78 is 0. The maximum absolute atomic E-state index is 12.4. The SMILES string of the molecule is CC(=O)Nc1cccc(NC(=O)c2ccc(Nc3cccc(C)c3C)cn2)c1. The zero-order chi connectivity index (χ0) is 20.1. The molecule has 3 N–H and O–H groups in total. The highest BCUT2D eigenvalue weighted by atomic mass is 16.2. The van der Waals surface area contributed by atoms with Crippen molar-refractivity contribution in [2.24, 2.45) is 0 Å². The number of nitrogens with one attached hydrogen (secondary N) is 3. The van der Waals surface area contributed by atoms with Crippen LogP contribution in [0.5, 0.6) is 0 Å². The Morgan fingerprint density at radius 2 is 1.57 bits per heavy atom. The minimum atomic E-state index is -0.321. The Hall–Kier alpha value is -3.67. The molecule has 2 aromatic carbocycles. The summed E-state index contributed by atoms with van der Waals surface area (Å²) in [5, 5.41) is 8.79. The van der Waals surface area contributed by atoms with Gasteiger partial charge in [-0.15, -0.1) is 0 Å². The summed E-state index contributed by atoms with van der Waals surface area (Å²) in [7, 11) is 0. The maximum atomic E-state index is 12.4. The molecule has 0 fully saturated rings. The van der Waals surface area contributed by atoms with Crippen molar-refractivity contribution in [3.8, 4) is 0 Å². The average Bonchev–Trinajstić information content (AvgIpc) is 2.66. The third-order valence-corrected chi connectivity index (χ3v) is 4.32. The van der Waals surface area contributed by atoms with E-state index in [0.29, 0.717) is 17.1 Å². The summed E-state index contributed by atoms with van der Waals surface area (Å²) in [5.74, 6) is -0.490. The van der Waals surface area contributed by atoms with Crippen molar-refractivity contribution in [3.63, 3.8) is 0 Å². The van der Waals surface area contributed by atoms with E-state index in [1.165, 1.54) is 18.1 Å². The molecule has 6 heteroatoms. The molecule has 0 aliphatic rings. The molecule has 0 unspecified atom stereocenters. The van der Waals surface area contributed by atoms with Gasteiger partial charge in [-0.1, -0.05) is 18.2 Å². The van der Waals surface area contributed by atoms with Crippen molar-refractivity contribution in [2.45, 2.75) is 20.8 Å². The smallest absolute Gasteiger partial charge is 0.274 e. The Morgan fingerprint density at radius 3 is 2.25 bits per heavy atom. The van der Waals surface area contributed by atoms with Gasteiger partial charge in [0.05, 0.1) is 11.9 Å². The Balaban J connectivity index is 1.68. The zero-order valence-electron chi connectivity index (χ0n) is 16.0. The van der Waals surface area contributed by atoms with Gasteiger partial charge in [0, 0.05) is 24.0 Å². The van der Waals surface area contributed by atoms with Crippen molar-refractivity contribution in [1.29, 1.82) is 0 Å². The van der Waals surface area contributed by atoms with Crippen molar-refractivity contribution < 1.29 is 9.59 Å². The molecule has 28 heavy (non-hydrogen) atoms. The number of anilines is 4. The monoisotopic (exact) mass is 374 g/mol. The van der Waals surface area contributed by atoms with E-state index in [4.69, 9.17) is 0 Å². The van der Waals surface area contributed by atoms with Crippen molar-refractivity contribution >= 4 is 34.6 Å². The van der Waals surface area contributed by atoms with Crippen LogP contribution in [0.3, 0.4) is 0 Å². The van der Waals surface area contributed by atoms with Crippen LogP contribution in [-0.2, 0) is 4.79 Å². The zero-order valence-corrected chi connectivity index (χ0v) is 16.0. The number of nitrogens with zero attached hydrogens (tertiary/aromatic N) is 1. The van der Waals surface area contributed by atoms with Crippen LogP contribution in [0.25, 0.3) is 0 Å². The van der Waals surface area contributed by atoms with E-state index in [0.717, 1.165) is 11.4 Å². The topological polar surface area (TPSA) is 83.1 Å². The number of benzene rings is 2. The first-order chi connectivity index (χ1) is 13.4. The molecule has 6 nitrogen and oxygen atoms in total. The summed E-state index contributed by atoms with van der Waals surface area (Å²) >= 11 is 0. The lowest BCUT2D eigenvalue weighted by Gasteiger charge is -2.12. The highest BCUT2D eigenvalue weighted by Gasteiger charge is 2.09. The highest BCUT2D eigenvalue weighted by Crippen LogP contribution is 2.22. The molecule has 2 amide bonds. The second kappa shape index (κ2) is 8.35. The number of carbonyl (C=O) groups is 2. The molecule has 0 saturated carbocycles. The first-order valence-electron chi connectivity index (χ1n) is 8.90. The normalized spacial score (nSPS) is 10.2. The van der Waals surface area contributed by atoms with Gasteiger partial charge in [0.1, 0.15) is 5.69 Å². The Bertz CT molecular complexity index is 1010. The van der Waals surface area contributed by atoms with E-state index in [9.17, 15) is 9.59 Å². The second-order valence-electron chi connectivity index (χ2n) is 6.52. The van der Waals surface area contributed by atoms with Crippen LogP contribution < -0.4 is 16.0 Å². The number of hydrogen-bond acceptors (Lipinski definition) is 4. The van der Waals surface area contributed by atoms with Crippen LogP contribution in [0.1, 0.15) is 28.5 Å². The number of carbonyl (C=O) groups excluding carboxylic acids is 2. The number of pyridine rings is 1. The predicted octanol–water partition coefficient (Wildman–Crippen LogP) is 4.65. The van der Waals surface area contributed by atoms with Crippen molar-refractivity contribution in [2.75, 3.05) is 16.0 Å². The van der Waals surface area contributed by atoms with Crippen LogP contribution in [0, 0.1) is 13.8 Å². The Kier molecular flexibility index (Phi) is 5.69. The van der Waals surface area contributed by atoms with Gasteiger partial charge in [0.15, 0.2) is 0 Å². The number of aryl methyl sites for hydroxylation is 1. The standard InChI is InChI=1S/C22H22N4O2/c1-14-6-4-9-20(15(14)2)25-19-10-11-21(23-13-19)22(28)26-18-8-5-7-17(12-18)24-16(3)27/h4-13,25H,1-3H3,(H,24,27)(H,26,28). The largest absolute Gasteiger partial charge is 0.354 e. The fourth-order valence-corrected chi connectivity index (χ4v) is 2.72. The molecular formula is C22H22N4O2. The van der Waals surface area contributed by atoms with E-state index < -0.39 is 0 Å².